The van der Waals surface area contributed by atoms with E-state index in [2.05, 4.69) is 0 Å². The Labute approximate surface area is 157 Å². The number of nitrogens with two attached hydrogens (primary N) is 1. The first kappa shape index (κ1) is 20.2. The van der Waals surface area contributed by atoms with Gasteiger partial charge >= 0.3 is 0 Å². The molecule has 144 valence electrons. The van der Waals surface area contributed by atoms with E-state index in [4.69, 9.17) is 20.4 Å². The first-order chi connectivity index (χ1) is 12.8. The number of likely N-dealkylation sites (N-methyl/N-ethyl adjacent to an activating group) is 1. The minimum Gasteiger partial charge on any atom is -0.496 e. The lowest BCUT2D eigenvalue weighted by atomic mass is 10.1. The molecule has 8 heteroatoms. The third kappa shape index (κ3) is 5.19. The van der Waals surface area contributed by atoms with Crippen LogP contribution in [0.1, 0.15) is 15.9 Å². The fourth-order valence-corrected chi connectivity index (χ4v) is 2.49. The number of nitrogens with zero attached hydrogens (tertiary/aromatic N) is 1. The third-order valence-corrected chi connectivity index (χ3v) is 3.89. The molecule has 27 heavy (non-hydrogen) atoms. The van der Waals surface area contributed by atoms with Gasteiger partial charge in [0.25, 0.3) is 5.91 Å². The van der Waals surface area contributed by atoms with E-state index >= 15 is 0 Å². The fraction of sp³-hybridized carbons (Fsp3) is 0.263. The van der Waals surface area contributed by atoms with E-state index in [1.165, 1.54) is 18.1 Å². The molecule has 1 unspecified atom stereocenters. The maximum absolute atomic E-state index is 11.8. The maximum Gasteiger partial charge on any atom is 0.278 e. The van der Waals surface area contributed by atoms with E-state index in [-0.39, 0.29) is 17.2 Å². The smallest absolute Gasteiger partial charge is 0.278 e. The molecule has 0 radical (unpaired) electrons. The molecule has 0 aliphatic rings. The van der Waals surface area contributed by atoms with Crippen molar-refractivity contribution in [2.24, 2.45) is 5.73 Å². The van der Waals surface area contributed by atoms with Crippen LogP contribution >= 0.6 is 0 Å². The first-order valence-electron chi connectivity index (χ1n) is 8.21. The standard InChI is InChI=1S/C19H23N3O5/c1-22(2)19(24)16(20)10-12-4-6-13(7-5-12)27-14-8-9-15(18(23)21-25)17(11-14)26-3/h4-9,11,16,25H,10,20H2,1-3H3,(H,21,23). The summed E-state index contributed by atoms with van der Waals surface area (Å²) in [7, 11) is 4.76. The van der Waals surface area contributed by atoms with Gasteiger partial charge in [-0.1, -0.05) is 12.1 Å². The quantitative estimate of drug-likeness (QED) is 0.501. The molecule has 0 bridgehead atoms. The number of methoxy groups -OCH3 is 1. The number of hydrogen-bond donors (Lipinski definition) is 3. The largest absolute Gasteiger partial charge is 0.496 e. The lowest BCUT2D eigenvalue weighted by Gasteiger charge is -2.16. The average molecular weight is 373 g/mol. The van der Waals surface area contributed by atoms with Gasteiger partial charge in [-0.05, 0) is 36.2 Å². The molecule has 8 nitrogen and oxygen atoms in total. The zero-order valence-corrected chi connectivity index (χ0v) is 15.4. The molecular weight excluding hydrogens is 350 g/mol. The Morgan fingerprint density at radius 1 is 1.15 bits per heavy atom. The van der Waals surface area contributed by atoms with Gasteiger partial charge in [0.05, 0.1) is 18.7 Å². The number of hydroxylamine groups is 1. The van der Waals surface area contributed by atoms with Crippen molar-refractivity contribution in [3.8, 4) is 17.2 Å². The number of carbonyl (C=O) groups is 2. The summed E-state index contributed by atoms with van der Waals surface area (Å²) in [5.41, 5.74) is 8.57. The lowest BCUT2D eigenvalue weighted by Crippen LogP contribution is -2.41. The number of nitrogens with one attached hydrogen (secondary N) is 1. The number of hydrogen-bond acceptors (Lipinski definition) is 6. The highest BCUT2D eigenvalue weighted by Gasteiger charge is 2.16. The van der Waals surface area contributed by atoms with Gasteiger partial charge in [0.2, 0.25) is 5.91 Å². The molecule has 2 aromatic carbocycles. The van der Waals surface area contributed by atoms with Gasteiger partial charge in [-0.2, -0.15) is 0 Å². The highest BCUT2D eigenvalue weighted by Crippen LogP contribution is 2.28. The van der Waals surface area contributed by atoms with Gasteiger partial charge in [0, 0.05) is 20.2 Å². The van der Waals surface area contributed by atoms with E-state index in [9.17, 15) is 9.59 Å². The summed E-state index contributed by atoms with van der Waals surface area (Å²) >= 11 is 0. The Bertz CT molecular complexity index is 805. The molecule has 0 spiro atoms. The Morgan fingerprint density at radius 2 is 1.78 bits per heavy atom. The molecule has 0 heterocycles. The molecule has 0 aromatic heterocycles. The topological polar surface area (TPSA) is 114 Å². The number of carbonyl (C=O) groups excluding carboxylic acids is 2. The second-order valence-electron chi connectivity index (χ2n) is 6.09. The second-order valence-corrected chi connectivity index (χ2v) is 6.09. The molecule has 1 atom stereocenters. The first-order valence-corrected chi connectivity index (χ1v) is 8.21. The second kappa shape index (κ2) is 9.02. The van der Waals surface area contributed by atoms with Crippen molar-refractivity contribution in [1.82, 2.24) is 10.4 Å². The van der Waals surface area contributed by atoms with Crippen molar-refractivity contribution in [2.45, 2.75) is 12.5 Å². The molecule has 4 N–H and O–H groups in total. The molecule has 0 saturated carbocycles. The van der Waals surface area contributed by atoms with Crippen LogP contribution in [-0.4, -0.2) is 49.2 Å². The summed E-state index contributed by atoms with van der Waals surface area (Å²) < 4.78 is 10.9. The minimum atomic E-state index is -0.675. The number of amides is 2. The lowest BCUT2D eigenvalue weighted by molar-refractivity contribution is -0.130. The van der Waals surface area contributed by atoms with Crippen LogP contribution in [0.4, 0.5) is 0 Å². The van der Waals surface area contributed by atoms with Gasteiger partial charge in [-0.3, -0.25) is 14.8 Å². The summed E-state index contributed by atoms with van der Waals surface area (Å²) in [6.07, 6.45) is 0.427. The van der Waals surface area contributed by atoms with Crippen molar-refractivity contribution in [1.29, 1.82) is 0 Å². The van der Waals surface area contributed by atoms with E-state index in [1.54, 1.807) is 43.8 Å². The zero-order valence-electron chi connectivity index (χ0n) is 15.4. The highest BCUT2D eigenvalue weighted by atomic mass is 16.5. The van der Waals surface area contributed by atoms with Crippen LogP contribution in [-0.2, 0) is 11.2 Å². The highest BCUT2D eigenvalue weighted by molar-refractivity contribution is 5.96. The molecule has 0 aliphatic heterocycles. The Hall–Kier alpha value is -3.10. The monoisotopic (exact) mass is 373 g/mol. The molecule has 0 saturated heterocycles. The van der Waals surface area contributed by atoms with Crippen LogP contribution in [0.3, 0.4) is 0 Å². The van der Waals surface area contributed by atoms with Crippen molar-refractivity contribution in [2.75, 3.05) is 21.2 Å². The summed E-state index contributed by atoms with van der Waals surface area (Å²) in [4.78, 5) is 24.9. The Balaban J connectivity index is 2.08. The van der Waals surface area contributed by atoms with Crippen LogP contribution in [0.2, 0.25) is 0 Å². The number of benzene rings is 2. The van der Waals surface area contributed by atoms with Crippen LogP contribution in [0.5, 0.6) is 17.2 Å². The predicted molar refractivity (Wildman–Crippen MR) is 99.1 cm³/mol. The molecule has 2 rings (SSSR count). The SMILES string of the molecule is COc1cc(Oc2ccc(CC(N)C(=O)N(C)C)cc2)ccc1C(=O)NO. The average Bonchev–Trinajstić information content (AvgIpc) is 2.67. The van der Waals surface area contributed by atoms with E-state index < -0.39 is 11.9 Å². The predicted octanol–water partition coefficient (Wildman–Crippen LogP) is 1.56. The van der Waals surface area contributed by atoms with Crippen LogP contribution in [0.15, 0.2) is 42.5 Å². The van der Waals surface area contributed by atoms with Crippen molar-refractivity contribution < 1.29 is 24.3 Å². The Morgan fingerprint density at radius 3 is 2.33 bits per heavy atom. The molecule has 2 amide bonds. The van der Waals surface area contributed by atoms with Crippen molar-refractivity contribution >= 4 is 11.8 Å². The van der Waals surface area contributed by atoms with Gasteiger partial charge < -0.3 is 20.1 Å². The van der Waals surface area contributed by atoms with Gasteiger partial charge in [0.1, 0.15) is 17.2 Å². The molecular formula is C19H23N3O5. The zero-order chi connectivity index (χ0) is 20.0. The van der Waals surface area contributed by atoms with Crippen molar-refractivity contribution in [3.05, 3.63) is 53.6 Å². The molecule has 0 fully saturated rings. The number of ether oxygens (including phenoxy) is 2. The maximum atomic E-state index is 11.8. The number of rotatable bonds is 7. The van der Waals surface area contributed by atoms with Gasteiger partial charge in [-0.25, -0.2) is 5.48 Å². The normalized spacial score (nSPS) is 11.4. The minimum absolute atomic E-state index is 0.130. The van der Waals surface area contributed by atoms with Crippen molar-refractivity contribution in [3.63, 3.8) is 0 Å². The summed E-state index contributed by atoms with van der Waals surface area (Å²) in [6.45, 7) is 0. The van der Waals surface area contributed by atoms with E-state index in [1.807, 2.05) is 12.1 Å². The van der Waals surface area contributed by atoms with Crippen LogP contribution < -0.4 is 20.7 Å². The van der Waals surface area contributed by atoms with Gasteiger partial charge in [0.15, 0.2) is 0 Å². The van der Waals surface area contributed by atoms with E-state index in [0.717, 1.165) is 5.56 Å². The van der Waals surface area contributed by atoms with Crippen LogP contribution in [0, 0.1) is 0 Å². The Kier molecular flexibility index (Phi) is 6.75. The van der Waals surface area contributed by atoms with Gasteiger partial charge in [-0.15, -0.1) is 0 Å². The van der Waals surface area contributed by atoms with Crippen LogP contribution in [0.25, 0.3) is 0 Å². The van der Waals surface area contributed by atoms with E-state index in [0.29, 0.717) is 17.9 Å². The molecule has 0 aliphatic carbocycles. The summed E-state index contributed by atoms with van der Waals surface area (Å²) in [6, 6.07) is 11.2. The fourth-order valence-electron chi connectivity index (χ4n) is 2.49. The molecule has 2 aromatic rings. The summed E-state index contributed by atoms with van der Waals surface area (Å²) in [5, 5.41) is 8.75. The third-order valence-electron chi connectivity index (χ3n) is 3.89. The summed E-state index contributed by atoms with van der Waals surface area (Å²) in [5.74, 6) is 0.505.